The molecule has 0 aromatic heterocycles. The third-order valence-corrected chi connectivity index (χ3v) is 3.66. The maximum atomic E-state index is 11.6. The van der Waals surface area contributed by atoms with E-state index in [1.54, 1.807) is 19.2 Å². The van der Waals surface area contributed by atoms with Crippen molar-refractivity contribution in [3.05, 3.63) is 23.8 Å². The first-order valence-corrected chi connectivity index (χ1v) is 6.66. The Morgan fingerprint density at radius 2 is 2.32 bits per heavy atom. The van der Waals surface area contributed by atoms with E-state index in [9.17, 15) is 9.90 Å². The number of aliphatic hydroxyl groups is 1. The lowest BCUT2D eigenvalue weighted by Gasteiger charge is -2.37. The molecule has 1 aromatic carbocycles. The number of carbonyl (C=O) groups is 1. The fraction of sp³-hybridized carbons (Fsp3) is 0.500. The van der Waals surface area contributed by atoms with Crippen molar-refractivity contribution in [3.8, 4) is 0 Å². The van der Waals surface area contributed by atoms with E-state index in [4.69, 9.17) is 5.73 Å². The van der Waals surface area contributed by atoms with Gasteiger partial charge in [0.05, 0.1) is 24.0 Å². The number of benzene rings is 1. The molecular formula is C14H21N3O2. The Hall–Kier alpha value is -1.75. The number of piperidine rings is 1. The molecule has 1 heterocycles. The molecule has 0 saturated carbocycles. The molecule has 1 aliphatic rings. The van der Waals surface area contributed by atoms with Crippen LogP contribution in [0.4, 0.5) is 11.4 Å². The summed E-state index contributed by atoms with van der Waals surface area (Å²) in [6.45, 7) is 1.03. The first kappa shape index (κ1) is 13.7. The number of aliphatic hydroxyl groups excluding tert-OH is 1. The van der Waals surface area contributed by atoms with Gasteiger partial charge in [0, 0.05) is 19.2 Å². The molecule has 1 aliphatic heterocycles. The maximum Gasteiger partial charge on any atom is 0.251 e. The highest BCUT2D eigenvalue weighted by Crippen LogP contribution is 2.30. The van der Waals surface area contributed by atoms with Gasteiger partial charge in [-0.3, -0.25) is 4.79 Å². The van der Waals surface area contributed by atoms with Crippen molar-refractivity contribution < 1.29 is 9.90 Å². The van der Waals surface area contributed by atoms with Crippen LogP contribution in [-0.4, -0.2) is 37.3 Å². The maximum absolute atomic E-state index is 11.6. The summed E-state index contributed by atoms with van der Waals surface area (Å²) in [5.41, 5.74) is 8.11. The van der Waals surface area contributed by atoms with E-state index in [-0.39, 0.29) is 18.6 Å². The number of anilines is 2. The van der Waals surface area contributed by atoms with E-state index in [0.717, 1.165) is 31.5 Å². The van der Waals surface area contributed by atoms with Crippen molar-refractivity contribution in [2.24, 2.45) is 0 Å². The third-order valence-electron chi connectivity index (χ3n) is 3.66. The summed E-state index contributed by atoms with van der Waals surface area (Å²) < 4.78 is 0. The molecule has 2 rings (SSSR count). The molecule has 19 heavy (non-hydrogen) atoms. The van der Waals surface area contributed by atoms with Crippen LogP contribution in [0.2, 0.25) is 0 Å². The van der Waals surface area contributed by atoms with Crippen molar-refractivity contribution in [2.75, 3.05) is 30.8 Å². The van der Waals surface area contributed by atoms with E-state index >= 15 is 0 Å². The van der Waals surface area contributed by atoms with Gasteiger partial charge in [0.1, 0.15) is 0 Å². The molecule has 0 spiro atoms. The third kappa shape index (κ3) is 2.81. The van der Waals surface area contributed by atoms with Crippen LogP contribution in [0.5, 0.6) is 0 Å². The molecule has 0 radical (unpaired) electrons. The highest BCUT2D eigenvalue weighted by Gasteiger charge is 2.23. The first-order chi connectivity index (χ1) is 9.17. The first-order valence-electron chi connectivity index (χ1n) is 6.66. The molecule has 1 amide bonds. The standard InChI is InChI=1S/C14H21N3O2/c1-16-14(19)10-5-6-13(12(15)8-10)17-7-3-2-4-11(17)9-18/h5-6,8,11,18H,2-4,7,9,15H2,1H3,(H,16,19). The highest BCUT2D eigenvalue weighted by atomic mass is 16.3. The summed E-state index contributed by atoms with van der Waals surface area (Å²) in [6, 6.07) is 5.46. The fourth-order valence-electron chi connectivity index (χ4n) is 2.61. The van der Waals surface area contributed by atoms with Crippen molar-refractivity contribution in [1.29, 1.82) is 0 Å². The SMILES string of the molecule is CNC(=O)c1ccc(N2CCCCC2CO)c(N)c1. The zero-order valence-corrected chi connectivity index (χ0v) is 11.2. The topological polar surface area (TPSA) is 78.6 Å². The van der Waals surface area contributed by atoms with Crippen molar-refractivity contribution in [2.45, 2.75) is 25.3 Å². The molecule has 1 unspecified atom stereocenters. The Morgan fingerprint density at radius 1 is 1.53 bits per heavy atom. The lowest BCUT2D eigenvalue weighted by molar-refractivity contribution is 0.0963. The van der Waals surface area contributed by atoms with Gasteiger partial charge in [0.25, 0.3) is 5.91 Å². The van der Waals surface area contributed by atoms with E-state index in [1.165, 1.54) is 0 Å². The van der Waals surface area contributed by atoms with Gasteiger partial charge in [-0.05, 0) is 37.5 Å². The lowest BCUT2D eigenvalue weighted by atomic mass is 10.0. The average molecular weight is 263 g/mol. The lowest BCUT2D eigenvalue weighted by Crippen LogP contribution is -2.42. The van der Waals surface area contributed by atoms with E-state index in [1.807, 2.05) is 6.07 Å². The van der Waals surface area contributed by atoms with Crippen molar-refractivity contribution in [1.82, 2.24) is 5.32 Å². The van der Waals surface area contributed by atoms with Gasteiger partial charge in [0.2, 0.25) is 0 Å². The number of amides is 1. The van der Waals surface area contributed by atoms with Crippen LogP contribution in [0.15, 0.2) is 18.2 Å². The molecule has 104 valence electrons. The summed E-state index contributed by atoms with van der Waals surface area (Å²) in [6.07, 6.45) is 3.22. The largest absolute Gasteiger partial charge is 0.397 e. The smallest absolute Gasteiger partial charge is 0.251 e. The van der Waals surface area contributed by atoms with E-state index < -0.39 is 0 Å². The minimum absolute atomic E-state index is 0.127. The van der Waals surface area contributed by atoms with Crippen LogP contribution in [0.3, 0.4) is 0 Å². The van der Waals surface area contributed by atoms with Crippen molar-refractivity contribution >= 4 is 17.3 Å². The summed E-state index contributed by atoms with van der Waals surface area (Å²) in [5.74, 6) is -0.143. The van der Waals surface area contributed by atoms with Crippen LogP contribution in [0.25, 0.3) is 0 Å². The normalized spacial score (nSPS) is 19.3. The number of carbonyl (C=O) groups excluding carboxylic acids is 1. The summed E-state index contributed by atoms with van der Waals surface area (Å²) >= 11 is 0. The van der Waals surface area contributed by atoms with Gasteiger partial charge in [-0.1, -0.05) is 0 Å². The van der Waals surface area contributed by atoms with E-state index in [0.29, 0.717) is 11.3 Å². The van der Waals surface area contributed by atoms with Crippen LogP contribution in [0, 0.1) is 0 Å². The zero-order chi connectivity index (χ0) is 13.8. The Morgan fingerprint density at radius 3 is 2.95 bits per heavy atom. The molecule has 4 N–H and O–H groups in total. The molecular weight excluding hydrogens is 242 g/mol. The number of nitrogens with one attached hydrogen (secondary N) is 1. The minimum atomic E-state index is -0.143. The predicted molar refractivity (Wildman–Crippen MR) is 76.3 cm³/mol. The second kappa shape index (κ2) is 5.93. The average Bonchev–Trinajstić information content (AvgIpc) is 2.46. The zero-order valence-electron chi connectivity index (χ0n) is 11.2. The Bertz CT molecular complexity index is 462. The van der Waals surface area contributed by atoms with Crippen LogP contribution in [-0.2, 0) is 0 Å². The summed E-state index contributed by atoms with van der Waals surface area (Å²) in [7, 11) is 1.60. The molecule has 0 aliphatic carbocycles. The molecule has 5 nitrogen and oxygen atoms in total. The summed E-state index contributed by atoms with van der Waals surface area (Å²) in [4.78, 5) is 13.7. The van der Waals surface area contributed by atoms with Gasteiger partial charge in [-0.25, -0.2) is 0 Å². The van der Waals surface area contributed by atoms with Crippen LogP contribution in [0.1, 0.15) is 29.6 Å². The molecule has 1 atom stereocenters. The van der Waals surface area contributed by atoms with Gasteiger partial charge in [-0.15, -0.1) is 0 Å². The summed E-state index contributed by atoms with van der Waals surface area (Å²) in [5, 5.41) is 12.0. The van der Waals surface area contributed by atoms with E-state index in [2.05, 4.69) is 10.2 Å². The highest BCUT2D eigenvalue weighted by molar-refractivity contribution is 5.96. The Kier molecular flexibility index (Phi) is 4.27. The van der Waals surface area contributed by atoms with Gasteiger partial charge in [0.15, 0.2) is 0 Å². The Balaban J connectivity index is 2.27. The molecule has 0 bridgehead atoms. The number of nitrogens with zero attached hydrogens (tertiary/aromatic N) is 1. The quantitative estimate of drug-likeness (QED) is 0.710. The second-order valence-electron chi connectivity index (χ2n) is 4.88. The number of hydrogen-bond donors (Lipinski definition) is 3. The molecule has 1 saturated heterocycles. The number of nitrogens with two attached hydrogens (primary N) is 1. The van der Waals surface area contributed by atoms with Crippen LogP contribution < -0.4 is 16.0 Å². The molecule has 1 aromatic rings. The number of rotatable bonds is 3. The monoisotopic (exact) mass is 263 g/mol. The number of hydrogen-bond acceptors (Lipinski definition) is 4. The van der Waals surface area contributed by atoms with Gasteiger partial charge < -0.3 is 21.1 Å². The van der Waals surface area contributed by atoms with Gasteiger partial charge in [-0.2, -0.15) is 0 Å². The molecule has 1 fully saturated rings. The second-order valence-corrected chi connectivity index (χ2v) is 4.88. The predicted octanol–water partition coefficient (Wildman–Crippen LogP) is 0.980. The van der Waals surface area contributed by atoms with Crippen LogP contribution >= 0.6 is 0 Å². The molecule has 5 heteroatoms. The Labute approximate surface area is 113 Å². The number of nitrogen functional groups attached to an aromatic ring is 1. The van der Waals surface area contributed by atoms with Crippen molar-refractivity contribution in [3.63, 3.8) is 0 Å². The minimum Gasteiger partial charge on any atom is -0.397 e. The van der Waals surface area contributed by atoms with Gasteiger partial charge >= 0.3 is 0 Å². The fourth-order valence-corrected chi connectivity index (χ4v) is 2.61.